The van der Waals surface area contributed by atoms with Crippen LogP contribution in [-0.2, 0) is 14.3 Å². The van der Waals surface area contributed by atoms with E-state index in [1.165, 1.54) is 11.8 Å². The van der Waals surface area contributed by atoms with Gasteiger partial charge in [-0.05, 0) is 55.0 Å². The highest BCUT2D eigenvalue weighted by Gasteiger charge is 2.21. The first-order chi connectivity index (χ1) is 13.5. The molecule has 8 heteroatoms. The average molecular weight is 432 g/mol. The Morgan fingerprint density at radius 3 is 2.68 bits per heavy atom. The first kappa shape index (κ1) is 20.4. The quantitative estimate of drug-likeness (QED) is 0.399. The van der Waals surface area contributed by atoms with Crippen molar-refractivity contribution in [3.05, 3.63) is 59.0 Å². The predicted molar refractivity (Wildman–Crippen MR) is 115 cm³/mol. The molecule has 5 nitrogen and oxygen atoms in total. The summed E-state index contributed by atoms with van der Waals surface area (Å²) in [6.07, 6.45) is 1.83. The van der Waals surface area contributed by atoms with Crippen molar-refractivity contribution in [2.75, 3.05) is 13.2 Å². The molecule has 0 radical (unpaired) electrons. The zero-order valence-corrected chi connectivity index (χ0v) is 17.4. The van der Waals surface area contributed by atoms with Crippen LogP contribution >= 0.6 is 35.7 Å². The summed E-state index contributed by atoms with van der Waals surface area (Å²) in [5, 5.41) is 2.61. The van der Waals surface area contributed by atoms with E-state index in [-0.39, 0.29) is 18.5 Å². The van der Waals surface area contributed by atoms with Crippen LogP contribution in [0.1, 0.15) is 12.5 Å². The van der Waals surface area contributed by atoms with Gasteiger partial charge in [-0.25, -0.2) is 4.79 Å². The van der Waals surface area contributed by atoms with Gasteiger partial charge >= 0.3 is 5.97 Å². The van der Waals surface area contributed by atoms with Gasteiger partial charge in [0.2, 0.25) is 0 Å². The molecule has 2 aromatic carbocycles. The van der Waals surface area contributed by atoms with Crippen molar-refractivity contribution in [3.8, 4) is 5.75 Å². The maximum Gasteiger partial charge on any atom is 0.344 e. The SMILES string of the molecule is CCOC(=O)COc1ccc(Sc2cccc(C=C3SC(=S)NC3=O)c2)cc1. The molecule has 0 aromatic heterocycles. The van der Waals surface area contributed by atoms with E-state index in [1.807, 2.05) is 54.6 Å². The maximum absolute atomic E-state index is 11.8. The average Bonchev–Trinajstić information content (AvgIpc) is 2.98. The number of ether oxygens (including phenoxy) is 2. The fourth-order valence-corrected chi connectivity index (χ4v) is 4.26. The smallest absolute Gasteiger partial charge is 0.344 e. The third-order valence-electron chi connectivity index (χ3n) is 3.52. The number of hydrogen-bond acceptors (Lipinski definition) is 7. The second-order valence-corrected chi connectivity index (χ2v) is 8.46. The molecule has 1 N–H and O–H groups in total. The van der Waals surface area contributed by atoms with Gasteiger partial charge in [0, 0.05) is 9.79 Å². The largest absolute Gasteiger partial charge is 0.482 e. The fraction of sp³-hybridized carbons (Fsp3) is 0.150. The molecular formula is C20H17NO4S3. The minimum absolute atomic E-state index is 0.105. The zero-order valence-electron chi connectivity index (χ0n) is 15.0. The Labute approximate surface area is 176 Å². The summed E-state index contributed by atoms with van der Waals surface area (Å²) < 4.78 is 10.7. The maximum atomic E-state index is 11.8. The molecule has 0 unspecified atom stereocenters. The number of thiocarbonyl (C=S) groups is 1. The molecule has 144 valence electrons. The number of rotatable bonds is 7. The molecule has 3 rings (SSSR count). The molecule has 0 aliphatic carbocycles. The molecule has 0 spiro atoms. The molecule has 1 fully saturated rings. The monoisotopic (exact) mass is 431 g/mol. The van der Waals surface area contributed by atoms with Gasteiger partial charge in [-0.1, -0.05) is 47.9 Å². The molecule has 1 saturated heterocycles. The van der Waals surface area contributed by atoms with E-state index >= 15 is 0 Å². The van der Waals surface area contributed by atoms with Crippen molar-refractivity contribution in [1.82, 2.24) is 5.32 Å². The van der Waals surface area contributed by atoms with Crippen LogP contribution in [0.4, 0.5) is 0 Å². The normalized spacial score (nSPS) is 14.8. The summed E-state index contributed by atoms with van der Waals surface area (Å²) >= 11 is 7.87. The summed E-state index contributed by atoms with van der Waals surface area (Å²) in [4.78, 5) is 25.8. The number of thioether (sulfide) groups is 1. The second-order valence-electron chi connectivity index (χ2n) is 5.59. The van der Waals surface area contributed by atoms with Crippen molar-refractivity contribution in [3.63, 3.8) is 0 Å². The Kier molecular flexibility index (Phi) is 7.13. The van der Waals surface area contributed by atoms with Crippen molar-refractivity contribution in [1.29, 1.82) is 0 Å². The van der Waals surface area contributed by atoms with E-state index in [4.69, 9.17) is 21.7 Å². The van der Waals surface area contributed by atoms with Crippen LogP contribution in [0, 0.1) is 0 Å². The topological polar surface area (TPSA) is 64.6 Å². The summed E-state index contributed by atoms with van der Waals surface area (Å²) in [6.45, 7) is 1.99. The van der Waals surface area contributed by atoms with Crippen LogP contribution in [0.5, 0.6) is 5.75 Å². The molecule has 0 atom stereocenters. The minimum atomic E-state index is -0.387. The lowest BCUT2D eigenvalue weighted by Crippen LogP contribution is -2.17. The summed E-state index contributed by atoms with van der Waals surface area (Å²) in [5.74, 6) is 0.0596. The van der Waals surface area contributed by atoms with E-state index < -0.39 is 0 Å². The van der Waals surface area contributed by atoms with Crippen LogP contribution in [-0.4, -0.2) is 29.4 Å². The van der Waals surface area contributed by atoms with Gasteiger partial charge in [0.1, 0.15) is 10.1 Å². The van der Waals surface area contributed by atoms with Crippen LogP contribution < -0.4 is 10.1 Å². The number of amides is 1. The summed E-state index contributed by atoms with van der Waals surface area (Å²) in [7, 11) is 0. The first-order valence-electron chi connectivity index (χ1n) is 8.45. The standard InChI is InChI=1S/C20H17NO4S3/c1-2-24-18(22)12-25-14-6-8-15(9-7-14)27-16-5-3-4-13(10-16)11-17-19(23)21-20(26)28-17/h3-11H,2,12H2,1H3,(H,21,23,26). The van der Waals surface area contributed by atoms with E-state index in [1.54, 1.807) is 18.7 Å². The van der Waals surface area contributed by atoms with E-state index in [9.17, 15) is 9.59 Å². The van der Waals surface area contributed by atoms with Crippen molar-refractivity contribution in [2.45, 2.75) is 16.7 Å². The number of carbonyl (C=O) groups excluding carboxylic acids is 2. The highest BCUT2D eigenvalue weighted by atomic mass is 32.2. The predicted octanol–water partition coefficient (Wildman–Crippen LogP) is 4.27. The van der Waals surface area contributed by atoms with Crippen LogP contribution in [0.3, 0.4) is 0 Å². The number of esters is 1. The molecule has 1 heterocycles. The summed E-state index contributed by atoms with van der Waals surface area (Å²) in [5.41, 5.74) is 0.932. The Morgan fingerprint density at radius 2 is 2.00 bits per heavy atom. The molecule has 2 aromatic rings. The van der Waals surface area contributed by atoms with Crippen LogP contribution in [0.25, 0.3) is 6.08 Å². The number of carbonyl (C=O) groups is 2. The first-order valence-corrected chi connectivity index (χ1v) is 10.5. The van der Waals surface area contributed by atoms with E-state index in [0.29, 0.717) is 21.6 Å². The van der Waals surface area contributed by atoms with Gasteiger partial charge in [0.25, 0.3) is 5.91 Å². The lowest BCUT2D eigenvalue weighted by atomic mass is 10.2. The van der Waals surface area contributed by atoms with Gasteiger partial charge in [0.15, 0.2) is 6.61 Å². The van der Waals surface area contributed by atoms with Crippen molar-refractivity contribution >= 4 is 58.0 Å². The second kappa shape index (κ2) is 9.77. The van der Waals surface area contributed by atoms with Crippen LogP contribution in [0.15, 0.2) is 63.2 Å². The fourth-order valence-electron chi connectivity index (χ4n) is 2.33. The van der Waals surface area contributed by atoms with Gasteiger partial charge in [-0.3, -0.25) is 4.79 Å². The molecule has 0 bridgehead atoms. The molecular weight excluding hydrogens is 414 g/mol. The third-order valence-corrected chi connectivity index (χ3v) is 5.68. The van der Waals surface area contributed by atoms with E-state index in [2.05, 4.69) is 5.32 Å². The molecule has 1 aliphatic heterocycles. The van der Waals surface area contributed by atoms with Crippen LogP contribution in [0.2, 0.25) is 0 Å². The van der Waals surface area contributed by atoms with Gasteiger partial charge < -0.3 is 14.8 Å². The van der Waals surface area contributed by atoms with E-state index in [0.717, 1.165) is 15.4 Å². The number of hydrogen-bond donors (Lipinski definition) is 1. The highest BCUT2D eigenvalue weighted by molar-refractivity contribution is 8.26. The minimum Gasteiger partial charge on any atom is -0.482 e. The Hall–Kier alpha value is -2.29. The molecule has 1 amide bonds. The third kappa shape index (κ3) is 5.85. The highest BCUT2D eigenvalue weighted by Crippen LogP contribution is 2.31. The Bertz CT molecular complexity index is 925. The number of nitrogens with one attached hydrogen (secondary N) is 1. The zero-order chi connectivity index (χ0) is 19.9. The number of benzene rings is 2. The van der Waals surface area contributed by atoms with Crippen molar-refractivity contribution < 1.29 is 19.1 Å². The molecule has 0 saturated carbocycles. The Morgan fingerprint density at radius 1 is 1.21 bits per heavy atom. The molecule has 1 aliphatic rings. The van der Waals surface area contributed by atoms with Crippen molar-refractivity contribution in [2.24, 2.45) is 0 Å². The molecule has 28 heavy (non-hydrogen) atoms. The summed E-state index contributed by atoms with van der Waals surface area (Å²) in [6, 6.07) is 15.4. The van der Waals surface area contributed by atoms with Gasteiger partial charge in [-0.15, -0.1) is 0 Å². The van der Waals surface area contributed by atoms with Gasteiger partial charge in [0.05, 0.1) is 11.5 Å². The van der Waals surface area contributed by atoms with Gasteiger partial charge in [-0.2, -0.15) is 0 Å². The Balaban J connectivity index is 1.62. The lowest BCUT2D eigenvalue weighted by Gasteiger charge is -2.07. The lowest BCUT2D eigenvalue weighted by molar-refractivity contribution is -0.145.